The van der Waals surface area contributed by atoms with Gasteiger partial charge in [-0.15, -0.1) is 0 Å². The number of nitrogens with one attached hydrogen (secondary N) is 1. The van der Waals surface area contributed by atoms with Crippen molar-refractivity contribution in [2.45, 2.75) is 19.0 Å². The molecule has 0 bridgehead atoms. The van der Waals surface area contributed by atoms with Crippen molar-refractivity contribution in [2.24, 2.45) is 4.99 Å². The summed E-state index contributed by atoms with van der Waals surface area (Å²) in [4.78, 5) is 23.2. The van der Waals surface area contributed by atoms with Crippen LogP contribution in [0.25, 0.3) is 0 Å². The van der Waals surface area contributed by atoms with Gasteiger partial charge in [-0.3, -0.25) is 9.69 Å². The van der Waals surface area contributed by atoms with Crippen molar-refractivity contribution < 1.29 is 9.53 Å². The second-order valence-corrected chi connectivity index (χ2v) is 7.30. The predicted molar refractivity (Wildman–Crippen MR) is 107 cm³/mol. The fourth-order valence-electron chi connectivity index (χ4n) is 3.50. The third-order valence-electron chi connectivity index (χ3n) is 5.18. The topological polar surface area (TPSA) is 60.4 Å². The molecule has 7 heteroatoms. The van der Waals surface area contributed by atoms with E-state index in [-0.39, 0.29) is 12.5 Å². The van der Waals surface area contributed by atoms with E-state index in [4.69, 9.17) is 9.73 Å². The Morgan fingerprint density at radius 2 is 1.96 bits per heavy atom. The van der Waals surface area contributed by atoms with Gasteiger partial charge in [0.2, 0.25) is 5.91 Å². The van der Waals surface area contributed by atoms with Crippen LogP contribution in [-0.4, -0.2) is 92.6 Å². The zero-order chi connectivity index (χ0) is 19.1. The zero-order valence-electron chi connectivity index (χ0n) is 16.4. The Kier molecular flexibility index (Phi) is 7.06. The van der Waals surface area contributed by atoms with E-state index in [9.17, 15) is 4.79 Å². The summed E-state index contributed by atoms with van der Waals surface area (Å²) in [6.07, 6.45) is 1.12. The zero-order valence-corrected chi connectivity index (χ0v) is 16.4. The molecule has 2 saturated heterocycles. The standard InChI is InChI=1S/C20H31N5O2/c1-23(2)19(26)15-22-20(21-14-17-6-4-3-5-7-17)25-9-8-18(16-25)24-10-12-27-13-11-24/h3-7,18H,8-16H2,1-2H3,(H,21,22). The number of aliphatic imine (C=N–C) groups is 1. The highest BCUT2D eigenvalue weighted by molar-refractivity contribution is 5.86. The van der Waals surface area contributed by atoms with Gasteiger partial charge in [-0.1, -0.05) is 30.3 Å². The van der Waals surface area contributed by atoms with Gasteiger partial charge in [-0.2, -0.15) is 0 Å². The van der Waals surface area contributed by atoms with E-state index in [1.54, 1.807) is 19.0 Å². The number of rotatable bonds is 5. The van der Waals surface area contributed by atoms with Gasteiger partial charge in [0.1, 0.15) is 0 Å². The smallest absolute Gasteiger partial charge is 0.241 e. The number of ether oxygens (including phenoxy) is 1. The number of amides is 1. The first kappa shape index (κ1) is 19.6. The minimum Gasteiger partial charge on any atom is -0.379 e. The second-order valence-electron chi connectivity index (χ2n) is 7.30. The molecule has 0 saturated carbocycles. The first-order valence-electron chi connectivity index (χ1n) is 9.72. The number of benzene rings is 1. The number of likely N-dealkylation sites (tertiary alicyclic amines) is 1. The maximum absolute atomic E-state index is 12.0. The van der Waals surface area contributed by atoms with Crippen molar-refractivity contribution in [3.8, 4) is 0 Å². The molecule has 3 rings (SSSR count). The Bertz CT molecular complexity index is 629. The third kappa shape index (κ3) is 5.68. The van der Waals surface area contributed by atoms with Crippen molar-refractivity contribution in [3.05, 3.63) is 35.9 Å². The van der Waals surface area contributed by atoms with Crippen molar-refractivity contribution >= 4 is 11.9 Å². The lowest BCUT2D eigenvalue weighted by Gasteiger charge is -2.32. The van der Waals surface area contributed by atoms with Crippen molar-refractivity contribution in [3.63, 3.8) is 0 Å². The van der Waals surface area contributed by atoms with Gasteiger partial charge in [-0.25, -0.2) is 4.99 Å². The van der Waals surface area contributed by atoms with Crippen molar-refractivity contribution in [1.82, 2.24) is 20.0 Å². The van der Waals surface area contributed by atoms with Crippen LogP contribution in [0.2, 0.25) is 0 Å². The average molecular weight is 374 g/mol. The summed E-state index contributed by atoms with van der Waals surface area (Å²) < 4.78 is 5.47. The minimum atomic E-state index is 0.0475. The molecule has 1 aromatic carbocycles. The second kappa shape index (κ2) is 9.71. The van der Waals surface area contributed by atoms with Crippen LogP contribution in [0.3, 0.4) is 0 Å². The van der Waals surface area contributed by atoms with Gasteiger partial charge in [0.25, 0.3) is 0 Å². The number of nitrogens with zero attached hydrogens (tertiary/aromatic N) is 4. The maximum atomic E-state index is 12.0. The average Bonchev–Trinajstić information content (AvgIpc) is 3.19. The molecule has 1 aromatic rings. The van der Waals surface area contributed by atoms with Crippen molar-refractivity contribution in [1.29, 1.82) is 0 Å². The van der Waals surface area contributed by atoms with Crippen LogP contribution in [0, 0.1) is 0 Å². The number of carbonyl (C=O) groups excluding carboxylic acids is 1. The van der Waals surface area contributed by atoms with Crippen LogP contribution in [0.1, 0.15) is 12.0 Å². The minimum absolute atomic E-state index is 0.0475. The molecule has 7 nitrogen and oxygen atoms in total. The molecule has 2 heterocycles. The summed E-state index contributed by atoms with van der Waals surface area (Å²) in [6, 6.07) is 10.7. The third-order valence-corrected chi connectivity index (χ3v) is 5.18. The summed E-state index contributed by atoms with van der Waals surface area (Å²) in [6.45, 7) is 6.41. The maximum Gasteiger partial charge on any atom is 0.241 e. The molecule has 1 amide bonds. The number of carbonyl (C=O) groups is 1. The normalized spacial score (nSPS) is 21.3. The molecule has 2 fully saturated rings. The van der Waals surface area contributed by atoms with E-state index in [0.29, 0.717) is 12.6 Å². The molecular weight excluding hydrogens is 342 g/mol. The van der Waals surface area contributed by atoms with E-state index in [2.05, 4.69) is 27.2 Å². The van der Waals surface area contributed by atoms with E-state index in [1.807, 2.05) is 18.2 Å². The largest absolute Gasteiger partial charge is 0.379 e. The van der Waals surface area contributed by atoms with Crippen LogP contribution >= 0.6 is 0 Å². The molecule has 148 valence electrons. The fourth-order valence-corrected chi connectivity index (χ4v) is 3.50. The monoisotopic (exact) mass is 373 g/mol. The lowest BCUT2D eigenvalue weighted by Crippen LogP contribution is -2.48. The van der Waals surface area contributed by atoms with Crippen LogP contribution in [0.5, 0.6) is 0 Å². The predicted octanol–water partition coefficient (Wildman–Crippen LogP) is 0.627. The highest BCUT2D eigenvalue weighted by Gasteiger charge is 2.30. The quantitative estimate of drug-likeness (QED) is 0.606. The Balaban J connectivity index is 1.64. The van der Waals surface area contributed by atoms with Crippen LogP contribution in [0.15, 0.2) is 35.3 Å². The number of guanidine groups is 1. The molecule has 0 aliphatic carbocycles. The molecular formula is C20H31N5O2. The lowest BCUT2D eigenvalue weighted by atomic mass is 10.2. The van der Waals surface area contributed by atoms with Gasteiger partial charge in [0.05, 0.1) is 26.3 Å². The van der Waals surface area contributed by atoms with E-state index in [1.165, 1.54) is 5.56 Å². The molecule has 1 unspecified atom stereocenters. The molecule has 0 aromatic heterocycles. The number of morpholine rings is 1. The Hall–Kier alpha value is -2.12. The fraction of sp³-hybridized carbons (Fsp3) is 0.600. The van der Waals surface area contributed by atoms with E-state index >= 15 is 0 Å². The number of hydrogen-bond acceptors (Lipinski definition) is 4. The Labute approximate surface area is 162 Å². The summed E-state index contributed by atoms with van der Waals surface area (Å²) in [5, 5.41) is 3.28. The van der Waals surface area contributed by atoms with Gasteiger partial charge in [0, 0.05) is 46.3 Å². The van der Waals surface area contributed by atoms with Gasteiger partial charge in [-0.05, 0) is 12.0 Å². The highest BCUT2D eigenvalue weighted by atomic mass is 16.5. The van der Waals surface area contributed by atoms with E-state index < -0.39 is 0 Å². The molecule has 2 aliphatic heterocycles. The Morgan fingerprint density at radius 3 is 2.67 bits per heavy atom. The summed E-state index contributed by atoms with van der Waals surface area (Å²) in [7, 11) is 3.55. The first-order valence-corrected chi connectivity index (χ1v) is 9.72. The van der Waals surface area contributed by atoms with Crippen LogP contribution in [0.4, 0.5) is 0 Å². The summed E-state index contributed by atoms with van der Waals surface area (Å²) in [5.74, 6) is 0.871. The number of likely N-dealkylation sites (N-methyl/N-ethyl adjacent to an activating group) is 1. The molecule has 27 heavy (non-hydrogen) atoms. The van der Waals surface area contributed by atoms with E-state index in [0.717, 1.165) is 51.8 Å². The van der Waals surface area contributed by atoms with Crippen molar-refractivity contribution in [2.75, 3.05) is 60.0 Å². The Morgan fingerprint density at radius 1 is 1.22 bits per heavy atom. The van der Waals surface area contributed by atoms with Crippen LogP contribution < -0.4 is 5.32 Å². The van der Waals surface area contributed by atoms with Gasteiger partial charge < -0.3 is 19.9 Å². The summed E-state index contributed by atoms with van der Waals surface area (Å²) >= 11 is 0. The van der Waals surface area contributed by atoms with Gasteiger partial charge in [0.15, 0.2) is 5.96 Å². The lowest BCUT2D eigenvalue weighted by molar-refractivity contribution is -0.127. The molecule has 2 aliphatic rings. The molecule has 1 atom stereocenters. The SMILES string of the molecule is CN(C)C(=O)CNC(=NCc1ccccc1)N1CCC(N2CCOCC2)C1. The van der Waals surface area contributed by atoms with Gasteiger partial charge >= 0.3 is 0 Å². The first-order chi connectivity index (χ1) is 13.1. The number of hydrogen-bond donors (Lipinski definition) is 1. The van der Waals surface area contributed by atoms with Crippen LogP contribution in [-0.2, 0) is 16.1 Å². The molecule has 1 N–H and O–H groups in total. The molecule has 0 radical (unpaired) electrons. The molecule has 0 spiro atoms. The summed E-state index contributed by atoms with van der Waals surface area (Å²) in [5.41, 5.74) is 1.17. The highest BCUT2D eigenvalue weighted by Crippen LogP contribution is 2.17.